The zero-order chi connectivity index (χ0) is 15.6. The number of nitrogens with zero attached hydrogens (tertiary/aromatic N) is 2. The monoisotopic (exact) mass is 365 g/mol. The van der Waals surface area contributed by atoms with Crippen molar-refractivity contribution < 1.29 is 13.2 Å². The smallest absolute Gasteiger partial charge is 0.369 e. The lowest BCUT2D eigenvalue weighted by Crippen LogP contribution is -2.49. The highest BCUT2D eigenvalue weighted by atomic mass is 79.9. The van der Waals surface area contributed by atoms with E-state index in [4.69, 9.17) is 5.73 Å². The first-order valence-corrected chi connectivity index (χ1v) is 7.64. The standard InChI is InChI=1S/C14H19BrF3N3/c1-10(19)12-3-2-11(8-13(12)15)21-6-4-20(5-7-21)9-14(16,17)18/h2-3,8,10H,4-7,9,19H2,1H3/t10-/m1/s1. The van der Waals surface area contributed by atoms with Gasteiger partial charge in [-0.1, -0.05) is 22.0 Å². The maximum absolute atomic E-state index is 12.4. The van der Waals surface area contributed by atoms with Gasteiger partial charge in [0.2, 0.25) is 0 Å². The summed E-state index contributed by atoms with van der Waals surface area (Å²) in [4.78, 5) is 3.55. The van der Waals surface area contributed by atoms with Crippen LogP contribution in [0.25, 0.3) is 0 Å². The fraction of sp³-hybridized carbons (Fsp3) is 0.571. The molecule has 1 aromatic carbocycles. The number of alkyl halides is 3. The van der Waals surface area contributed by atoms with Gasteiger partial charge in [-0.15, -0.1) is 0 Å². The van der Waals surface area contributed by atoms with E-state index >= 15 is 0 Å². The Bertz CT molecular complexity index is 483. The van der Waals surface area contributed by atoms with E-state index < -0.39 is 12.7 Å². The average molecular weight is 366 g/mol. The molecule has 1 atom stereocenters. The molecule has 1 aromatic rings. The van der Waals surface area contributed by atoms with Gasteiger partial charge in [0.05, 0.1) is 6.54 Å². The first-order chi connectivity index (χ1) is 9.76. The molecule has 1 aliphatic heterocycles. The van der Waals surface area contributed by atoms with Crippen LogP contribution in [0.2, 0.25) is 0 Å². The largest absolute Gasteiger partial charge is 0.401 e. The van der Waals surface area contributed by atoms with Crippen LogP contribution in [0.15, 0.2) is 22.7 Å². The topological polar surface area (TPSA) is 32.5 Å². The zero-order valence-electron chi connectivity index (χ0n) is 11.8. The quantitative estimate of drug-likeness (QED) is 0.892. The normalized spacial score (nSPS) is 18.9. The van der Waals surface area contributed by atoms with Crippen LogP contribution >= 0.6 is 15.9 Å². The van der Waals surface area contributed by atoms with Crippen molar-refractivity contribution in [2.45, 2.75) is 19.1 Å². The number of nitrogens with two attached hydrogens (primary N) is 1. The van der Waals surface area contributed by atoms with Crippen molar-refractivity contribution in [1.82, 2.24) is 4.90 Å². The molecule has 0 amide bonds. The summed E-state index contributed by atoms with van der Waals surface area (Å²) in [5.41, 5.74) is 7.90. The highest BCUT2D eigenvalue weighted by Gasteiger charge is 2.32. The third-order valence-corrected chi connectivity index (χ3v) is 4.30. The molecule has 1 fully saturated rings. The number of hydrogen-bond acceptors (Lipinski definition) is 3. The van der Waals surface area contributed by atoms with Crippen LogP contribution in [0.1, 0.15) is 18.5 Å². The molecule has 0 radical (unpaired) electrons. The van der Waals surface area contributed by atoms with Crippen molar-refractivity contribution >= 4 is 21.6 Å². The van der Waals surface area contributed by atoms with Crippen molar-refractivity contribution in [3.63, 3.8) is 0 Å². The molecule has 1 saturated heterocycles. The molecule has 21 heavy (non-hydrogen) atoms. The fourth-order valence-corrected chi connectivity index (χ4v) is 3.23. The Morgan fingerprint density at radius 3 is 2.33 bits per heavy atom. The molecule has 2 N–H and O–H groups in total. The van der Waals surface area contributed by atoms with Crippen molar-refractivity contribution in [2.75, 3.05) is 37.6 Å². The van der Waals surface area contributed by atoms with Crippen LogP contribution in [0.5, 0.6) is 0 Å². The van der Waals surface area contributed by atoms with E-state index in [1.165, 1.54) is 4.90 Å². The van der Waals surface area contributed by atoms with Gasteiger partial charge in [0.1, 0.15) is 0 Å². The molecule has 0 spiro atoms. The van der Waals surface area contributed by atoms with Crippen molar-refractivity contribution in [3.8, 4) is 0 Å². The third kappa shape index (κ3) is 4.59. The Hall–Kier alpha value is -0.790. The van der Waals surface area contributed by atoms with Gasteiger partial charge in [-0.05, 0) is 24.6 Å². The lowest BCUT2D eigenvalue weighted by atomic mass is 10.1. The Labute approximate surface area is 131 Å². The second-order valence-electron chi connectivity index (χ2n) is 5.37. The molecule has 0 aromatic heterocycles. The zero-order valence-corrected chi connectivity index (χ0v) is 13.4. The Balaban J connectivity index is 1.98. The van der Waals surface area contributed by atoms with Crippen molar-refractivity contribution in [2.24, 2.45) is 5.73 Å². The summed E-state index contributed by atoms with van der Waals surface area (Å²) in [6, 6.07) is 5.87. The summed E-state index contributed by atoms with van der Waals surface area (Å²) < 4.78 is 38.0. The molecule has 0 unspecified atom stereocenters. The fourth-order valence-electron chi connectivity index (χ4n) is 2.50. The minimum Gasteiger partial charge on any atom is -0.369 e. The van der Waals surface area contributed by atoms with Gasteiger partial charge in [-0.25, -0.2) is 0 Å². The number of rotatable bonds is 3. The van der Waals surface area contributed by atoms with Crippen molar-refractivity contribution in [1.29, 1.82) is 0 Å². The first kappa shape index (κ1) is 16.6. The van der Waals surface area contributed by atoms with Crippen molar-refractivity contribution in [3.05, 3.63) is 28.2 Å². The molecule has 7 heteroatoms. The van der Waals surface area contributed by atoms with E-state index in [0.717, 1.165) is 15.7 Å². The van der Waals surface area contributed by atoms with Gasteiger partial charge in [0.25, 0.3) is 0 Å². The minimum atomic E-state index is -4.12. The van der Waals surface area contributed by atoms with E-state index in [9.17, 15) is 13.2 Å². The second-order valence-corrected chi connectivity index (χ2v) is 6.23. The number of piperazine rings is 1. The molecule has 118 valence electrons. The predicted octanol–water partition coefficient (Wildman–Crippen LogP) is 3.15. The van der Waals surface area contributed by atoms with Crippen LogP contribution in [0.3, 0.4) is 0 Å². The van der Waals surface area contributed by atoms with Gasteiger partial charge < -0.3 is 10.6 Å². The summed E-state index contributed by atoms with van der Waals surface area (Å²) >= 11 is 3.50. The summed E-state index contributed by atoms with van der Waals surface area (Å²) in [7, 11) is 0. The van der Waals surface area contributed by atoms with E-state index in [0.29, 0.717) is 26.2 Å². The number of benzene rings is 1. The maximum Gasteiger partial charge on any atom is 0.401 e. The van der Waals surface area contributed by atoms with Crippen LogP contribution in [-0.2, 0) is 0 Å². The van der Waals surface area contributed by atoms with E-state index in [1.807, 2.05) is 25.1 Å². The van der Waals surface area contributed by atoms with E-state index in [-0.39, 0.29) is 6.04 Å². The third-order valence-electron chi connectivity index (χ3n) is 3.61. The van der Waals surface area contributed by atoms with Crippen LogP contribution in [0.4, 0.5) is 18.9 Å². The second kappa shape index (κ2) is 6.54. The molecule has 2 rings (SSSR count). The Kier molecular flexibility index (Phi) is 5.16. The molecular weight excluding hydrogens is 347 g/mol. The molecule has 3 nitrogen and oxygen atoms in total. The van der Waals surface area contributed by atoms with Crippen LogP contribution < -0.4 is 10.6 Å². The van der Waals surface area contributed by atoms with Gasteiger partial charge in [0.15, 0.2) is 0 Å². The number of hydrogen-bond donors (Lipinski definition) is 1. The summed E-state index contributed by atoms with van der Waals surface area (Å²) in [5.74, 6) is 0. The van der Waals surface area contributed by atoms with Gasteiger partial charge in [-0.2, -0.15) is 13.2 Å². The van der Waals surface area contributed by atoms with E-state index in [1.54, 1.807) is 0 Å². The molecule has 1 aliphatic rings. The highest BCUT2D eigenvalue weighted by Crippen LogP contribution is 2.28. The summed E-state index contributed by atoms with van der Waals surface area (Å²) in [6.45, 7) is 3.13. The predicted molar refractivity (Wildman–Crippen MR) is 81.5 cm³/mol. The van der Waals surface area contributed by atoms with Gasteiger partial charge in [-0.3, -0.25) is 4.90 Å². The number of anilines is 1. The maximum atomic E-state index is 12.4. The van der Waals surface area contributed by atoms with Gasteiger partial charge >= 0.3 is 6.18 Å². The summed E-state index contributed by atoms with van der Waals surface area (Å²) in [5, 5.41) is 0. The molecule has 0 bridgehead atoms. The molecule has 1 heterocycles. The molecular formula is C14H19BrF3N3. The van der Waals surface area contributed by atoms with Crippen LogP contribution in [0, 0.1) is 0 Å². The Morgan fingerprint density at radius 1 is 1.24 bits per heavy atom. The Morgan fingerprint density at radius 2 is 1.86 bits per heavy atom. The van der Waals surface area contributed by atoms with Crippen LogP contribution in [-0.4, -0.2) is 43.8 Å². The molecule has 0 aliphatic carbocycles. The number of halogens is 4. The van der Waals surface area contributed by atoms with E-state index in [2.05, 4.69) is 20.8 Å². The SMILES string of the molecule is C[C@@H](N)c1ccc(N2CCN(CC(F)(F)F)CC2)cc1Br. The van der Waals surface area contributed by atoms with Gasteiger partial charge in [0, 0.05) is 42.4 Å². The lowest BCUT2D eigenvalue weighted by Gasteiger charge is -2.36. The lowest BCUT2D eigenvalue weighted by molar-refractivity contribution is -0.146. The molecule has 0 saturated carbocycles. The highest BCUT2D eigenvalue weighted by molar-refractivity contribution is 9.10. The minimum absolute atomic E-state index is 0.0583. The first-order valence-electron chi connectivity index (χ1n) is 6.85. The average Bonchev–Trinajstić information content (AvgIpc) is 2.37. The summed E-state index contributed by atoms with van der Waals surface area (Å²) in [6.07, 6.45) is -4.12.